The molecule has 1 amide bonds. The standard InChI is InChI=1S/C12H11ClN2OS/c13-9-3-1-2-8(4-9)5-15-12(16)10-6-17-7-11(10)14-15/h1-4,10H,5-7H2. The van der Waals surface area contributed by atoms with Crippen molar-refractivity contribution in [2.75, 3.05) is 11.5 Å². The number of hydrogen-bond acceptors (Lipinski definition) is 3. The lowest BCUT2D eigenvalue weighted by atomic mass is 10.1. The minimum absolute atomic E-state index is 0.0270. The second-order valence-electron chi connectivity index (χ2n) is 4.18. The highest BCUT2D eigenvalue weighted by molar-refractivity contribution is 8.00. The van der Waals surface area contributed by atoms with E-state index in [1.54, 1.807) is 16.8 Å². The minimum atomic E-state index is 0.0270. The molecule has 88 valence electrons. The van der Waals surface area contributed by atoms with Crippen molar-refractivity contribution in [3.8, 4) is 0 Å². The maximum Gasteiger partial charge on any atom is 0.252 e. The third-order valence-corrected chi connectivity index (χ3v) is 4.26. The summed E-state index contributed by atoms with van der Waals surface area (Å²) in [5, 5.41) is 6.66. The Kier molecular flexibility index (Phi) is 2.84. The summed E-state index contributed by atoms with van der Waals surface area (Å²) < 4.78 is 0. The first-order valence-electron chi connectivity index (χ1n) is 5.45. The molecule has 1 aromatic rings. The summed E-state index contributed by atoms with van der Waals surface area (Å²) >= 11 is 7.70. The van der Waals surface area contributed by atoms with Gasteiger partial charge >= 0.3 is 0 Å². The van der Waals surface area contributed by atoms with Crippen LogP contribution in [-0.4, -0.2) is 28.1 Å². The van der Waals surface area contributed by atoms with Gasteiger partial charge in [0.05, 0.1) is 18.2 Å². The summed E-state index contributed by atoms with van der Waals surface area (Å²) in [6, 6.07) is 7.55. The third kappa shape index (κ3) is 2.07. The number of fused-ring (bicyclic) bond motifs is 1. The van der Waals surface area contributed by atoms with Crippen LogP contribution in [0.15, 0.2) is 29.4 Å². The fourth-order valence-electron chi connectivity index (χ4n) is 2.10. The number of thioether (sulfide) groups is 1. The number of halogens is 1. The van der Waals surface area contributed by atoms with Gasteiger partial charge in [0, 0.05) is 16.5 Å². The van der Waals surface area contributed by atoms with Gasteiger partial charge in [0.1, 0.15) is 0 Å². The molecule has 1 aromatic carbocycles. The van der Waals surface area contributed by atoms with E-state index in [4.69, 9.17) is 11.6 Å². The molecule has 1 atom stereocenters. The fraction of sp³-hybridized carbons (Fsp3) is 0.333. The Morgan fingerprint density at radius 3 is 3.18 bits per heavy atom. The first-order valence-corrected chi connectivity index (χ1v) is 6.98. The topological polar surface area (TPSA) is 32.7 Å². The van der Waals surface area contributed by atoms with E-state index in [-0.39, 0.29) is 11.8 Å². The average Bonchev–Trinajstić information content (AvgIpc) is 2.84. The molecular weight excluding hydrogens is 256 g/mol. The van der Waals surface area contributed by atoms with Gasteiger partial charge in [-0.1, -0.05) is 23.7 Å². The molecule has 0 aromatic heterocycles. The molecule has 0 saturated carbocycles. The number of hydrazone groups is 1. The maximum absolute atomic E-state index is 12.0. The van der Waals surface area contributed by atoms with Crippen molar-refractivity contribution in [1.29, 1.82) is 0 Å². The zero-order valence-corrected chi connectivity index (χ0v) is 10.7. The summed E-state index contributed by atoms with van der Waals surface area (Å²) in [4.78, 5) is 12.0. The molecule has 5 heteroatoms. The number of rotatable bonds is 2. The lowest BCUT2D eigenvalue weighted by molar-refractivity contribution is -0.131. The molecule has 0 spiro atoms. The molecule has 1 unspecified atom stereocenters. The Morgan fingerprint density at radius 1 is 1.53 bits per heavy atom. The molecule has 2 heterocycles. The summed E-state index contributed by atoms with van der Waals surface area (Å²) in [6.07, 6.45) is 0. The first-order chi connectivity index (χ1) is 8.24. The predicted octanol–water partition coefficient (Wildman–Crippen LogP) is 2.40. The molecule has 3 rings (SSSR count). The van der Waals surface area contributed by atoms with Crippen LogP contribution in [0.2, 0.25) is 5.02 Å². The van der Waals surface area contributed by atoms with Gasteiger partial charge in [-0.05, 0) is 17.7 Å². The molecule has 1 saturated heterocycles. The van der Waals surface area contributed by atoms with Crippen LogP contribution in [0.5, 0.6) is 0 Å². The summed E-state index contributed by atoms with van der Waals surface area (Å²) in [6.45, 7) is 0.518. The number of nitrogens with zero attached hydrogens (tertiary/aromatic N) is 2. The normalized spacial score (nSPS) is 22.9. The van der Waals surface area contributed by atoms with Crippen molar-refractivity contribution in [3.05, 3.63) is 34.9 Å². The van der Waals surface area contributed by atoms with Crippen molar-refractivity contribution < 1.29 is 4.79 Å². The van der Waals surface area contributed by atoms with Crippen LogP contribution in [0.25, 0.3) is 0 Å². The lowest BCUT2D eigenvalue weighted by Gasteiger charge is -2.13. The molecule has 2 aliphatic heterocycles. The van der Waals surface area contributed by atoms with Crippen LogP contribution in [0.4, 0.5) is 0 Å². The van der Waals surface area contributed by atoms with E-state index in [1.165, 1.54) is 0 Å². The van der Waals surface area contributed by atoms with E-state index in [9.17, 15) is 4.79 Å². The fourth-order valence-corrected chi connectivity index (χ4v) is 3.47. The van der Waals surface area contributed by atoms with E-state index in [2.05, 4.69) is 5.10 Å². The predicted molar refractivity (Wildman–Crippen MR) is 70.3 cm³/mol. The second-order valence-corrected chi connectivity index (χ2v) is 5.65. The molecular formula is C12H11ClN2OS. The van der Waals surface area contributed by atoms with Crippen LogP contribution < -0.4 is 0 Å². The van der Waals surface area contributed by atoms with Crippen LogP contribution in [-0.2, 0) is 11.3 Å². The van der Waals surface area contributed by atoms with Crippen LogP contribution in [0, 0.1) is 5.92 Å². The maximum atomic E-state index is 12.0. The van der Waals surface area contributed by atoms with Crippen molar-refractivity contribution in [3.63, 3.8) is 0 Å². The number of benzene rings is 1. The van der Waals surface area contributed by atoms with Gasteiger partial charge in [0.2, 0.25) is 0 Å². The van der Waals surface area contributed by atoms with Gasteiger partial charge in [-0.25, -0.2) is 5.01 Å². The third-order valence-electron chi connectivity index (χ3n) is 2.96. The Balaban J connectivity index is 1.79. The average molecular weight is 267 g/mol. The molecule has 2 aliphatic rings. The highest BCUT2D eigenvalue weighted by atomic mass is 35.5. The quantitative estimate of drug-likeness (QED) is 0.823. The Hall–Kier alpha value is -1.00. The zero-order chi connectivity index (χ0) is 11.8. The van der Waals surface area contributed by atoms with Gasteiger partial charge in [0.25, 0.3) is 5.91 Å². The molecule has 0 radical (unpaired) electrons. The van der Waals surface area contributed by atoms with Gasteiger partial charge in [-0.2, -0.15) is 16.9 Å². The Bertz CT molecular complexity index is 503. The van der Waals surface area contributed by atoms with E-state index >= 15 is 0 Å². The van der Waals surface area contributed by atoms with E-state index < -0.39 is 0 Å². The van der Waals surface area contributed by atoms with Crippen LogP contribution in [0.3, 0.4) is 0 Å². The van der Waals surface area contributed by atoms with Crippen LogP contribution in [0.1, 0.15) is 5.56 Å². The second kappa shape index (κ2) is 4.35. The first kappa shape index (κ1) is 11.1. The molecule has 3 nitrogen and oxygen atoms in total. The highest BCUT2D eigenvalue weighted by Gasteiger charge is 2.38. The largest absolute Gasteiger partial charge is 0.272 e. The minimum Gasteiger partial charge on any atom is -0.272 e. The summed E-state index contributed by atoms with van der Waals surface area (Å²) in [7, 11) is 0. The Labute approximate surface area is 109 Å². The van der Waals surface area contributed by atoms with Crippen molar-refractivity contribution in [2.45, 2.75) is 6.54 Å². The number of amides is 1. The van der Waals surface area contributed by atoms with Crippen molar-refractivity contribution in [1.82, 2.24) is 5.01 Å². The van der Waals surface area contributed by atoms with Crippen LogP contribution >= 0.6 is 23.4 Å². The molecule has 0 aliphatic carbocycles. The smallest absolute Gasteiger partial charge is 0.252 e. The molecule has 0 bridgehead atoms. The monoisotopic (exact) mass is 266 g/mol. The van der Waals surface area contributed by atoms with Gasteiger partial charge in [0.15, 0.2) is 0 Å². The molecule has 0 N–H and O–H groups in total. The number of hydrogen-bond donors (Lipinski definition) is 0. The number of carbonyl (C=O) groups is 1. The molecule has 1 fully saturated rings. The van der Waals surface area contributed by atoms with E-state index in [1.807, 2.05) is 24.3 Å². The zero-order valence-electron chi connectivity index (χ0n) is 9.10. The van der Waals surface area contributed by atoms with Gasteiger partial charge < -0.3 is 0 Å². The lowest BCUT2D eigenvalue weighted by Crippen LogP contribution is -2.27. The summed E-state index contributed by atoms with van der Waals surface area (Å²) in [5.41, 5.74) is 2.05. The highest BCUT2D eigenvalue weighted by Crippen LogP contribution is 2.29. The van der Waals surface area contributed by atoms with Gasteiger partial charge in [-0.15, -0.1) is 0 Å². The van der Waals surface area contributed by atoms with Crippen molar-refractivity contribution in [2.24, 2.45) is 11.0 Å². The SMILES string of the molecule is O=C1C2CSCC2=NN1Cc1cccc(Cl)c1. The van der Waals surface area contributed by atoms with Crippen molar-refractivity contribution >= 4 is 35.0 Å². The Morgan fingerprint density at radius 2 is 2.41 bits per heavy atom. The summed E-state index contributed by atoms with van der Waals surface area (Å²) in [5.74, 6) is 1.93. The molecule has 17 heavy (non-hydrogen) atoms. The van der Waals surface area contributed by atoms with E-state index in [0.717, 1.165) is 22.8 Å². The number of carbonyl (C=O) groups excluding carboxylic acids is 1. The van der Waals surface area contributed by atoms with E-state index in [0.29, 0.717) is 11.6 Å². The van der Waals surface area contributed by atoms with Gasteiger partial charge in [-0.3, -0.25) is 4.79 Å².